The Bertz CT molecular complexity index is 899. The quantitative estimate of drug-likeness (QED) is 0.681. The van der Waals surface area contributed by atoms with Crippen LogP contribution in [0, 0.1) is 0 Å². The van der Waals surface area contributed by atoms with Gasteiger partial charge in [0.15, 0.2) is 5.65 Å². The van der Waals surface area contributed by atoms with E-state index in [2.05, 4.69) is 22.3 Å². The van der Waals surface area contributed by atoms with E-state index in [1.165, 1.54) is 0 Å². The summed E-state index contributed by atoms with van der Waals surface area (Å²) >= 11 is 0. The molecule has 1 aromatic carbocycles. The van der Waals surface area contributed by atoms with Gasteiger partial charge in [0, 0.05) is 18.2 Å². The van der Waals surface area contributed by atoms with Crippen LogP contribution in [0.2, 0.25) is 0 Å². The number of aromatic nitrogens is 3. The van der Waals surface area contributed by atoms with Gasteiger partial charge in [-0.25, -0.2) is 14.3 Å². The van der Waals surface area contributed by atoms with Crippen LogP contribution in [0.5, 0.6) is 0 Å². The zero-order valence-corrected chi connectivity index (χ0v) is 13.3. The number of rotatable bonds is 6. The third kappa shape index (κ3) is 3.43. The molecule has 3 aromatic rings. The first-order valence-corrected chi connectivity index (χ1v) is 7.77. The molecule has 0 saturated heterocycles. The average Bonchev–Trinajstić information content (AvgIpc) is 3.01. The minimum Gasteiger partial charge on any atom is -0.478 e. The van der Waals surface area contributed by atoms with Gasteiger partial charge in [-0.05, 0) is 36.3 Å². The molecule has 0 spiro atoms. The summed E-state index contributed by atoms with van der Waals surface area (Å²) in [5.41, 5.74) is 3.36. The number of hydrogen-bond donors (Lipinski definition) is 2. The number of carbonyl (C=O) groups is 1. The Morgan fingerprint density at radius 1 is 1.33 bits per heavy atom. The highest BCUT2D eigenvalue weighted by Crippen LogP contribution is 2.22. The molecule has 24 heavy (non-hydrogen) atoms. The second-order valence-corrected chi connectivity index (χ2v) is 5.36. The van der Waals surface area contributed by atoms with Gasteiger partial charge in [0.05, 0.1) is 11.9 Å². The molecule has 0 fully saturated rings. The third-order valence-electron chi connectivity index (χ3n) is 3.52. The van der Waals surface area contributed by atoms with E-state index < -0.39 is 5.97 Å². The number of carboxylic acids is 1. The van der Waals surface area contributed by atoms with Gasteiger partial charge in [-0.3, -0.25) is 0 Å². The Morgan fingerprint density at radius 3 is 3.00 bits per heavy atom. The number of benzene rings is 1. The van der Waals surface area contributed by atoms with Crippen molar-refractivity contribution in [2.45, 2.75) is 13.3 Å². The number of fused-ring (bicyclic) bond motifs is 1. The van der Waals surface area contributed by atoms with Crippen molar-refractivity contribution >= 4 is 23.5 Å². The number of hydrogen-bond acceptors (Lipinski definition) is 4. The first kappa shape index (κ1) is 15.7. The van der Waals surface area contributed by atoms with E-state index in [0.717, 1.165) is 47.3 Å². The standard InChI is InChI=1S/C18H18N4O2/c1-2-10-19-16-7-8-17-20-12-15(22(17)21-16)14-5-3-4-13(11-14)6-9-18(23)24/h3-9,11-12H,2,10H2,1H3,(H,19,21)(H,23,24)/b9-6+. The lowest BCUT2D eigenvalue weighted by Crippen LogP contribution is -2.05. The van der Waals surface area contributed by atoms with Crippen molar-refractivity contribution < 1.29 is 9.90 Å². The Morgan fingerprint density at radius 2 is 2.21 bits per heavy atom. The predicted octanol–water partition coefficient (Wildman–Crippen LogP) is 3.32. The fourth-order valence-corrected chi connectivity index (χ4v) is 2.39. The van der Waals surface area contributed by atoms with Crippen molar-refractivity contribution in [3.8, 4) is 11.3 Å². The number of aliphatic carboxylic acids is 1. The molecule has 6 nitrogen and oxygen atoms in total. The lowest BCUT2D eigenvalue weighted by atomic mass is 10.1. The van der Waals surface area contributed by atoms with Crippen LogP contribution in [0.15, 0.2) is 48.7 Å². The molecule has 0 bridgehead atoms. The van der Waals surface area contributed by atoms with E-state index in [4.69, 9.17) is 5.11 Å². The Labute approximate surface area is 139 Å². The summed E-state index contributed by atoms with van der Waals surface area (Å²) in [6, 6.07) is 11.4. The summed E-state index contributed by atoms with van der Waals surface area (Å²) in [4.78, 5) is 15.0. The van der Waals surface area contributed by atoms with Crippen LogP contribution in [-0.4, -0.2) is 32.2 Å². The van der Waals surface area contributed by atoms with E-state index >= 15 is 0 Å². The third-order valence-corrected chi connectivity index (χ3v) is 3.52. The molecule has 0 saturated carbocycles. The van der Waals surface area contributed by atoms with Crippen LogP contribution in [0.1, 0.15) is 18.9 Å². The Kier molecular flexibility index (Phi) is 4.56. The molecule has 0 aliphatic rings. The molecule has 3 rings (SSSR count). The molecular weight excluding hydrogens is 304 g/mol. The minimum absolute atomic E-state index is 0.763. The number of nitrogens with one attached hydrogen (secondary N) is 1. The Balaban J connectivity index is 1.99. The van der Waals surface area contributed by atoms with E-state index in [1.54, 1.807) is 16.8 Å². The van der Waals surface area contributed by atoms with Crippen LogP contribution in [-0.2, 0) is 4.79 Å². The summed E-state index contributed by atoms with van der Waals surface area (Å²) in [6.45, 7) is 2.96. The molecule has 6 heteroatoms. The van der Waals surface area contributed by atoms with Crippen molar-refractivity contribution in [3.05, 3.63) is 54.2 Å². The number of anilines is 1. The molecule has 122 valence electrons. The molecule has 0 amide bonds. The van der Waals surface area contributed by atoms with Gasteiger partial charge >= 0.3 is 5.97 Å². The van der Waals surface area contributed by atoms with Crippen molar-refractivity contribution in [1.29, 1.82) is 0 Å². The lowest BCUT2D eigenvalue weighted by Gasteiger charge is -2.06. The smallest absolute Gasteiger partial charge is 0.328 e. The molecule has 2 aromatic heterocycles. The largest absolute Gasteiger partial charge is 0.478 e. The van der Waals surface area contributed by atoms with Crippen LogP contribution in [0.25, 0.3) is 23.0 Å². The zero-order valence-electron chi connectivity index (χ0n) is 13.3. The summed E-state index contributed by atoms with van der Waals surface area (Å²) in [7, 11) is 0. The lowest BCUT2D eigenvalue weighted by molar-refractivity contribution is -0.131. The van der Waals surface area contributed by atoms with E-state index in [0.29, 0.717) is 0 Å². The average molecular weight is 322 g/mol. The van der Waals surface area contributed by atoms with Crippen molar-refractivity contribution in [2.75, 3.05) is 11.9 Å². The maximum absolute atomic E-state index is 10.7. The first-order valence-electron chi connectivity index (χ1n) is 7.77. The molecule has 2 heterocycles. The van der Waals surface area contributed by atoms with Gasteiger partial charge in [-0.15, -0.1) is 5.10 Å². The fraction of sp³-hybridized carbons (Fsp3) is 0.167. The van der Waals surface area contributed by atoms with Crippen molar-refractivity contribution in [3.63, 3.8) is 0 Å². The fourth-order valence-electron chi connectivity index (χ4n) is 2.39. The topological polar surface area (TPSA) is 79.5 Å². The molecule has 2 N–H and O–H groups in total. The summed E-state index contributed by atoms with van der Waals surface area (Å²) in [5, 5.41) is 16.6. The summed E-state index contributed by atoms with van der Waals surface area (Å²) < 4.78 is 1.79. The van der Waals surface area contributed by atoms with Gasteiger partial charge in [-0.2, -0.15) is 0 Å². The van der Waals surface area contributed by atoms with Crippen molar-refractivity contribution in [2.24, 2.45) is 0 Å². The van der Waals surface area contributed by atoms with E-state index in [-0.39, 0.29) is 0 Å². The summed E-state index contributed by atoms with van der Waals surface area (Å²) in [6.07, 6.45) is 5.48. The number of nitrogens with zero attached hydrogens (tertiary/aromatic N) is 3. The monoisotopic (exact) mass is 322 g/mol. The Hall–Kier alpha value is -3.15. The SMILES string of the molecule is CCCNc1ccc2ncc(-c3cccc(/C=C/C(=O)O)c3)n2n1. The normalized spacial score (nSPS) is 11.2. The molecule has 0 radical (unpaired) electrons. The van der Waals surface area contributed by atoms with Gasteiger partial charge < -0.3 is 10.4 Å². The zero-order chi connectivity index (χ0) is 16.9. The van der Waals surface area contributed by atoms with Gasteiger partial charge in [0.2, 0.25) is 0 Å². The second kappa shape index (κ2) is 6.95. The van der Waals surface area contributed by atoms with E-state index in [9.17, 15) is 4.79 Å². The van der Waals surface area contributed by atoms with Gasteiger partial charge in [0.1, 0.15) is 5.82 Å². The second-order valence-electron chi connectivity index (χ2n) is 5.36. The van der Waals surface area contributed by atoms with Crippen LogP contribution in [0.3, 0.4) is 0 Å². The molecule has 0 aliphatic carbocycles. The maximum Gasteiger partial charge on any atom is 0.328 e. The predicted molar refractivity (Wildman–Crippen MR) is 93.9 cm³/mol. The van der Waals surface area contributed by atoms with E-state index in [1.807, 2.05) is 36.4 Å². The van der Waals surface area contributed by atoms with Crippen LogP contribution >= 0.6 is 0 Å². The van der Waals surface area contributed by atoms with Gasteiger partial charge in [0.25, 0.3) is 0 Å². The number of carboxylic acid groups (broad SMARTS) is 1. The number of imidazole rings is 1. The highest BCUT2D eigenvalue weighted by atomic mass is 16.4. The minimum atomic E-state index is -0.969. The first-order chi connectivity index (χ1) is 11.7. The molecular formula is C18H18N4O2. The van der Waals surface area contributed by atoms with Gasteiger partial charge in [-0.1, -0.05) is 25.1 Å². The van der Waals surface area contributed by atoms with Crippen LogP contribution in [0.4, 0.5) is 5.82 Å². The van der Waals surface area contributed by atoms with Crippen molar-refractivity contribution in [1.82, 2.24) is 14.6 Å². The molecule has 0 aliphatic heterocycles. The maximum atomic E-state index is 10.7. The molecule has 0 atom stereocenters. The highest BCUT2D eigenvalue weighted by molar-refractivity contribution is 5.85. The molecule has 0 unspecified atom stereocenters. The van der Waals surface area contributed by atoms with Crippen LogP contribution < -0.4 is 5.32 Å². The summed E-state index contributed by atoms with van der Waals surface area (Å²) in [5.74, 6) is -0.172. The highest BCUT2D eigenvalue weighted by Gasteiger charge is 2.08.